The van der Waals surface area contributed by atoms with E-state index in [1.165, 1.54) is 48.2 Å². The van der Waals surface area contributed by atoms with Crippen LogP contribution in [0.5, 0.6) is 0 Å². The maximum absolute atomic E-state index is 2.31. The Hall–Kier alpha value is -1.56. The van der Waals surface area contributed by atoms with Gasteiger partial charge in [-0.25, -0.2) is 0 Å². The number of imidazole rings is 1. The molecule has 2 aromatic carbocycles. The van der Waals surface area contributed by atoms with Crippen LogP contribution < -0.4 is 0 Å². The molecular weight excluding hydrogens is 408 g/mol. The second kappa shape index (κ2) is 6.39. The predicted octanol–water partition coefficient (Wildman–Crippen LogP) is 4.82. The average molecular weight is 432 g/mol. The third-order valence-electron chi connectivity index (χ3n) is 4.53. The van der Waals surface area contributed by atoms with Crippen molar-refractivity contribution in [2.75, 3.05) is 0 Å². The van der Waals surface area contributed by atoms with Gasteiger partial charge in [-0.15, -0.1) is 0 Å². The van der Waals surface area contributed by atoms with E-state index in [1.54, 1.807) is 0 Å². The molecule has 1 heterocycles. The average Bonchev–Trinajstić information content (AvgIpc) is 2.79. The van der Waals surface area contributed by atoms with Crippen molar-refractivity contribution < 1.29 is 0 Å². The summed E-state index contributed by atoms with van der Waals surface area (Å²) in [6, 6.07) is 9.04. The van der Waals surface area contributed by atoms with Gasteiger partial charge in [0.2, 0.25) is 0 Å². The Labute approximate surface area is 157 Å². The molecule has 0 saturated heterocycles. The molecule has 2 nitrogen and oxygen atoms in total. The third-order valence-corrected chi connectivity index (χ3v) is 5.65. The van der Waals surface area contributed by atoms with E-state index in [-0.39, 0.29) is 0 Å². The van der Waals surface area contributed by atoms with E-state index in [0.717, 1.165) is 0 Å². The Balaban J connectivity index is 2.24. The van der Waals surface area contributed by atoms with E-state index in [4.69, 9.17) is 0 Å². The normalized spacial score (nSPS) is 11.1. The van der Waals surface area contributed by atoms with Crippen LogP contribution in [-0.2, 0) is 0 Å². The molecule has 0 amide bonds. The Morgan fingerprint density at radius 3 is 1.17 bits per heavy atom. The van der Waals surface area contributed by atoms with Crippen molar-refractivity contribution in [3.63, 3.8) is 0 Å². The number of rotatable bonds is 2. The maximum atomic E-state index is 2.31. The zero-order chi connectivity index (χ0) is 17.6. The van der Waals surface area contributed by atoms with Crippen molar-refractivity contribution in [3.05, 3.63) is 73.5 Å². The van der Waals surface area contributed by atoms with Crippen molar-refractivity contribution in [3.8, 4) is 11.4 Å². The molecular formula is C21H24N2Te. The second-order valence-corrected chi connectivity index (χ2v) is 7.86. The predicted molar refractivity (Wildman–Crippen MR) is 103 cm³/mol. The van der Waals surface area contributed by atoms with Crippen molar-refractivity contribution in [1.29, 1.82) is 0 Å². The zero-order valence-corrected chi connectivity index (χ0v) is 17.6. The Kier molecular flexibility index (Phi) is 4.60. The Morgan fingerprint density at radius 1 is 0.583 bits per heavy atom. The standard InChI is InChI=1S/C21H24N2Te/c1-13-9-15(3)19(16(4)10-13)22-7-8-23(21(22)24)20-17(5)11-14(2)12-18(20)6/h7-12H,1-6H3. The molecule has 1 aromatic heterocycles. The molecule has 0 aliphatic carbocycles. The first kappa shape index (κ1) is 17.3. The first-order chi connectivity index (χ1) is 11.3. The molecule has 0 unspecified atom stereocenters. The van der Waals surface area contributed by atoms with E-state index >= 15 is 0 Å². The van der Waals surface area contributed by atoms with Crippen LogP contribution in [0.3, 0.4) is 0 Å². The summed E-state index contributed by atoms with van der Waals surface area (Å²) < 4.78 is 5.86. The molecule has 0 saturated carbocycles. The summed E-state index contributed by atoms with van der Waals surface area (Å²) in [5.74, 6) is 0. The minimum absolute atomic E-state index is 1.23. The summed E-state index contributed by atoms with van der Waals surface area (Å²) in [5.41, 5.74) is 10.5. The Morgan fingerprint density at radius 2 is 0.875 bits per heavy atom. The van der Waals surface area contributed by atoms with Crippen LogP contribution in [-0.4, -0.2) is 31.0 Å². The fourth-order valence-electron chi connectivity index (χ4n) is 3.82. The number of hydrogen-bond donors (Lipinski definition) is 0. The summed E-state index contributed by atoms with van der Waals surface area (Å²) in [7, 11) is 0. The van der Waals surface area contributed by atoms with Crippen molar-refractivity contribution >= 4 is 21.8 Å². The molecule has 24 heavy (non-hydrogen) atoms. The van der Waals surface area contributed by atoms with Gasteiger partial charge in [-0.1, -0.05) is 0 Å². The molecule has 3 heteroatoms. The number of nitrogens with zero attached hydrogens (tertiary/aromatic N) is 2. The van der Waals surface area contributed by atoms with Gasteiger partial charge in [-0.05, 0) is 0 Å². The molecule has 3 aromatic rings. The van der Waals surface area contributed by atoms with E-state index in [0.29, 0.717) is 0 Å². The topological polar surface area (TPSA) is 9.86 Å². The summed E-state index contributed by atoms with van der Waals surface area (Å²) in [6.45, 7) is 13.1. The SMILES string of the molecule is Cc1cc(C)c(-n2ccn(-c3c(C)cc(C)cc3C)c2=[Te])c(C)c1. The second-order valence-electron chi connectivity index (χ2n) is 6.82. The summed E-state index contributed by atoms with van der Waals surface area (Å²) >= 11 is 2.10. The molecule has 0 atom stereocenters. The van der Waals surface area contributed by atoms with E-state index in [1.807, 2.05) is 0 Å². The minimum atomic E-state index is 1.23. The van der Waals surface area contributed by atoms with Gasteiger partial charge >= 0.3 is 157 Å². The van der Waals surface area contributed by atoms with Crippen LogP contribution in [0.15, 0.2) is 36.7 Å². The van der Waals surface area contributed by atoms with Gasteiger partial charge in [0.15, 0.2) is 0 Å². The fourth-order valence-corrected chi connectivity index (χ4v) is 4.69. The summed E-state index contributed by atoms with van der Waals surface area (Å²) in [5, 5.41) is 0. The van der Waals surface area contributed by atoms with Crippen LogP contribution in [0.25, 0.3) is 11.4 Å². The molecule has 0 aliphatic heterocycles. The molecule has 124 valence electrons. The number of benzene rings is 2. The molecule has 0 fully saturated rings. The van der Waals surface area contributed by atoms with Crippen molar-refractivity contribution in [2.24, 2.45) is 0 Å². The molecule has 0 bridgehead atoms. The summed E-state index contributed by atoms with van der Waals surface area (Å²) in [6.07, 6.45) is 4.36. The first-order valence-corrected chi connectivity index (χ1v) is 9.42. The van der Waals surface area contributed by atoms with Crippen LogP contribution in [0.4, 0.5) is 0 Å². The molecule has 0 radical (unpaired) electrons. The van der Waals surface area contributed by atoms with Crippen molar-refractivity contribution in [2.45, 2.75) is 41.5 Å². The van der Waals surface area contributed by atoms with Crippen LogP contribution in [0, 0.1) is 45.0 Å². The number of hydrogen-bond acceptors (Lipinski definition) is 0. The van der Waals surface area contributed by atoms with Gasteiger partial charge < -0.3 is 0 Å². The van der Waals surface area contributed by atoms with Crippen LogP contribution in [0.1, 0.15) is 33.4 Å². The van der Waals surface area contributed by atoms with E-state index in [9.17, 15) is 0 Å². The Bertz CT molecular complexity index is 865. The molecule has 0 aliphatic rings. The molecule has 0 N–H and O–H groups in total. The quantitative estimate of drug-likeness (QED) is 0.515. The number of aromatic nitrogens is 2. The van der Waals surface area contributed by atoms with Gasteiger partial charge in [-0.3, -0.25) is 0 Å². The van der Waals surface area contributed by atoms with Gasteiger partial charge in [-0.2, -0.15) is 0 Å². The number of aryl methyl sites for hydroxylation is 6. The third kappa shape index (κ3) is 2.92. The van der Waals surface area contributed by atoms with Gasteiger partial charge in [0.25, 0.3) is 0 Å². The first-order valence-electron chi connectivity index (χ1n) is 8.26. The monoisotopic (exact) mass is 434 g/mol. The van der Waals surface area contributed by atoms with Gasteiger partial charge in [0, 0.05) is 0 Å². The van der Waals surface area contributed by atoms with Crippen LogP contribution in [0.2, 0.25) is 0 Å². The van der Waals surface area contributed by atoms with Gasteiger partial charge in [0.1, 0.15) is 0 Å². The fraction of sp³-hybridized carbons (Fsp3) is 0.286. The van der Waals surface area contributed by atoms with E-state index < -0.39 is 0 Å². The zero-order valence-electron chi connectivity index (χ0n) is 15.3. The van der Waals surface area contributed by atoms with E-state index in [2.05, 4.69) is 109 Å². The van der Waals surface area contributed by atoms with Crippen LogP contribution >= 0.6 is 0 Å². The van der Waals surface area contributed by atoms with Gasteiger partial charge in [0.05, 0.1) is 0 Å². The summed E-state index contributed by atoms with van der Waals surface area (Å²) in [4.78, 5) is 0. The molecule has 3 rings (SSSR count). The molecule has 0 spiro atoms. The van der Waals surface area contributed by atoms with Crippen molar-refractivity contribution in [1.82, 2.24) is 9.13 Å².